The number of anilines is 1. The number of rotatable bonds is 19. The number of halogens is 10. The second-order valence-corrected chi connectivity index (χ2v) is 24.1. The minimum atomic E-state index is -4.65. The summed E-state index contributed by atoms with van der Waals surface area (Å²) in [6.07, 6.45) is -6.95. The third kappa shape index (κ3) is 11.2. The Morgan fingerprint density at radius 2 is 1.27 bits per heavy atom. The Labute approximate surface area is 480 Å². The standard InChI is InChI=1S/C57H61F10N11O7/c1-84-50(82)71-44(52-25-54(26-52,27-52)56(62,63)64)46(80)70-42(16-32-9-6-31(7-10-32)8-11-33-19-68-49(69-20-33)75-21-36-12-13-37(22-75)78(36)35-4-3-5-35)43(79)24-76(23-38-39(58)17-34(18-40(38)59)41-14-15-77(73-41)48(60)61)74-47(81)45(72-51(83)85-2)53-28-55(29-53,30-53)57(65,66)67/h6-7,9-10,14-15,17-20,35-37,42-45,48,79H,3-5,12-13,16,21-30H2,1-2H3,(H,70,80)(H,71,82)(H,72,83)(H,74,81)/t36?,37?,42-,43-,44+,45+,52?,53?,54?,55?/m0/s1. The number of nitrogens with one attached hydrogen (secondary N) is 4. The van der Waals surface area contributed by atoms with Gasteiger partial charge in [-0.1, -0.05) is 30.4 Å². The van der Waals surface area contributed by atoms with Crippen molar-refractivity contribution in [2.24, 2.45) is 21.7 Å². The van der Waals surface area contributed by atoms with Gasteiger partial charge in [-0.15, -0.1) is 0 Å². The first-order chi connectivity index (χ1) is 40.2. The van der Waals surface area contributed by atoms with E-state index in [-0.39, 0.29) is 22.4 Å². The molecule has 0 radical (unpaired) electrons. The second-order valence-electron chi connectivity index (χ2n) is 24.1. The quantitative estimate of drug-likeness (QED) is 0.0352. The van der Waals surface area contributed by atoms with Crippen molar-refractivity contribution >= 4 is 29.9 Å². The van der Waals surface area contributed by atoms with Crippen molar-refractivity contribution in [2.75, 3.05) is 38.8 Å². The summed E-state index contributed by atoms with van der Waals surface area (Å²) in [6, 6.07) is 5.75. The predicted octanol–water partition coefficient (Wildman–Crippen LogP) is 7.45. The molecule has 13 rings (SSSR count). The van der Waals surface area contributed by atoms with E-state index in [1.807, 2.05) is 0 Å². The molecule has 2 aliphatic heterocycles. The number of fused-ring (bicyclic) bond motifs is 2. The summed E-state index contributed by atoms with van der Waals surface area (Å²) in [5.74, 6) is 1.86. The minimum absolute atomic E-state index is 0.244. The molecule has 85 heavy (non-hydrogen) atoms. The van der Waals surface area contributed by atoms with Crippen molar-refractivity contribution in [2.45, 2.75) is 145 Å². The average molecular weight is 1200 g/mol. The van der Waals surface area contributed by atoms with Gasteiger partial charge in [0.15, 0.2) is 0 Å². The molecule has 7 saturated carbocycles. The molecular formula is C57H61F10N11O7. The summed E-state index contributed by atoms with van der Waals surface area (Å²) in [5, 5.41) is 24.0. The molecule has 2 aromatic carbocycles. The van der Waals surface area contributed by atoms with Crippen LogP contribution < -0.4 is 26.3 Å². The fourth-order valence-corrected chi connectivity index (χ4v) is 14.3. The number of benzene rings is 2. The third-order valence-corrected chi connectivity index (χ3v) is 18.8. The summed E-state index contributed by atoms with van der Waals surface area (Å²) in [5.41, 5.74) is -4.55. The molecule has 6 atom stereocenters. The normalized spacial score (nSPS) is 27.1. The Morgan fingerprint density at radius 3 is 1.75 bits per heavy atom. The van der Waals surface area contributed by atoms with E-state index >= 15 is 8.78 Å². The number of aliphatic hydroxyl groups excluding tert-OH is 1. The predicted molar refractivity (Wildman–Crippen MR) is 280 cm³/mol. The van der Waals surface area contributed by atoms with Gasteiger partial charge in [-0.05, 0) is 107 Å². The number of carbonyl (C=O) groups is 4. The number of ether oxygens (including phenoxy) is 2. The van der Waals surface area contributed by atoms with E-state index < -0.39 is 158 Å². The van der Waals surface area contributed by atoms with Crippen LogP contribution in [0.5, 0.6) is 0 Å². The SMILES string of the molecule is COC(=O)N[C@H](C(=O)N[C@@H](Cc1ccc(C#Cc2cnc(N3CC4CCC(C3)N4C3CCC3)nc2)cc1)[C@@H](O)CN(Cc1c(F)cc(-c2ccn(C(F)F)n2)cc1F)NC(=O)[C@@H](NC(=O)OC)C12CC(C(F)(F)F)(C1)C2)C12CC(C(F)(F)F)(C1)C2. The van der Waals surface area contributed by atoms with E-state index in [2.05, 4.69) is 62.8 Å². The molecule has 6 bridgehead atoms. The Balaban J connectivity index is 0.861. The summed E-state index contributed by atoms with van der Waals surface area (Å²) >= 11 is 0. The van der Waals surface area contributed by atoms with Crippen LogP contribution in [0.3, 0.4) is 0 Å². The molecule has 0 spiro atoms. The number of aliphatic hydroxyl groups is 1. The highest BCUT2D eigenvalue weighted by molar-refractivity contribution is 5.88. The first-order valence-corrected chi connectivity index (χ1v) is 27.9. The lowest BCUT2D eigenvalue weighted by Crippen LogP contribution is -2.77. The van der Waals surface area contributed by atoms with Crippen molar-refractivity contribution in [1.82, 2.24) is 51.0 Å². The fourth-order valence-electron chi connectivity index (χ4n) is 14.3. The van der Waals surface area contributed by atoms with E-state index in [0.717, 1.165) is 69.6 Å². The molecule has 4 heterocycles. The molecule has 4 amide bonds. The molecule has 7 aliphatic carbocycles. The Bertz CT molecular complexity index is 3200. The topological polar surface area (TPSA) is 208 Å². The summed E-state index contributed by atoms with van der Waals surface area (Å²) in [7, 11) is 1.92. The first-order valence-electron chi connectivity index (χ1n) is 27.9. The lowest BCUT2D eigenvalue weighted by Gasteiger charge is -2.72. The van der Waals surface area contributed by atoms with Gasteiger partial charge in [0, 0.05) is 90.4 Å². The molecule has 2 unspecified atom stereocenters. The van der Waals surface area contributed by atoms with Crippen LogP contribution in [0.2, 0.25) is 0 Å². The number of amides is 4. The van der Waals surface area contributed by atoms with Crippen LogP contribution in [-0.4, -0.2) is 147 Å². The average Bonchev–Trinajstić information content (AvgIpc) is 1.02. The van der Waals surface area contributed by atoms with Crippen LogP contribution in [0.4, 0.5) is 59.4 Å². The number of aromatic nitrogens is 4. The number of alkyl halides is 8. The van der Waals surface area contributed by atoms with Gasteiger partial charge in [0.1, 0.15) is 23.7 Å². The van der Waals surface area contributed by atoms with E-state index in [9.17, 15) is 59.4 Å². The molecule has 5 N–H and O–H groups in total. The smallest absolute Gasteiger partial charge is 0.407 e. The van der Waals surface area contributed by atoms with Gasteiger partial charge in [0.2, 0.25) is 11.9 Å². The number of hydrazine groups is 1. The highest BCUT2D eigenvalue weighted by Gasteiger charge is 2.82. The minimum Gasteiger partial charge on any atom is -0.453 e. The van der Waals surface area contributed by atoms with Gasteiger partial charge >= 0.3 is 31.1 Å². The van der Waals surface area contributed by atoms with Gasteiger partial charge < -0.3 is 35.4 Å². The number of nitrogens with zero attached hydrogens (tertiary/aromatic N) is 7. The van der Waals surface area contributed by atoms with Gasteiger partial charge in [0.25, 0.3) is 5.91 Å². The number of carbonyl (C=O) groups excluding carboxylic acids is 4. The van der Waals surface area contributed by atoms with Crippen LogP contribution in [0, 0.1) is 45.1 Å². The number of hydrogen-bond acceptors (Lipinski definition) is 13. The lowest BCUT2D eigenvalue weighted by atomic mass is 9.32. The van der Waals surface area contributed by atoms with Crippen LogP contribution in [0.15, 0.2) is 61.1 Å². The zero-order chi connectivity index (χ0) is 60.6. The Kier molecular flexibility index (Phi) is 15.6. The van der Waals surface area contributed by atoms with Crippen LogP contribution >= 0.6 is 0 Å². The summed E-state index contributed by atoms with van der Waals surface area (Å²) < 4.78 is 154. The number of methoxy groups -OCH3 is 2. The fraction of sp³-hybridized carbons (Fsp3) is 0.561. The van der Waals surface area contributed by atoms with E-state index in [1.165, 1.54) is 19.3 Å². The zero-order valence-electron chi connectivity index (χ0n) is 46.0. The molecule has 2 saturated heterocycles. The van der Waals surface area contributed by atoms with E-state index in [1.54, 1.807) is 36.7 Å². The second kappa shape index (κ2) is 22.2. The number of piperazine rings is 1. The van der Waals surface area contributed by atoms with Crippen molar-refractivity contribution in [1.29, 1.82) is 0 Å². The third-order valence-electron chi connectivity index (χ3n) is 18.8. The van der Waals surface area contributed by atoms with Gasteiger partial charge in [-0.2, -0.15) is 40.2 Å². The van der Waals surface area contributed by atoms with Crippen molar-refractivity contribution < 1.29 is 77.7 Å². The maximum absolute atomic E-state index is 16.2. The number of hydrogen-bond donors (Lipinski definition) is 5. The van der Waals surface area contributed by atoms with Crippen LogP contribution in [-0.2, 0) is 32.0 Å². The molecule has 2 aromatic heterocycles. The molecule has 9 aliphatic rings. The van der Waals surface area contributed by atoms with Crippen LogP contribution in [0.1, 0.15) is 99.4 Å². The molecule has 18 nitrogen and oxygen atoms in total. The zero-order valence-corrected chi connectivity index (χ0v) is 46.0. The Morgan fingerprint density at radius 1 is 0.741 bits per heavy atom. The Hall–Kier alpha value is -7.25. The first kappa shape index (κ1) is 59.5. The number of alkyl carbamates (subject to hydrolysis) is 2. The van der Waals surface area contributed by atoms with Crippen LogP contribution in [0.25, 0.3) is 11.3 Å². The van der Waals surface area contributed by atoms with Gasteiger partial charge in [-0.3, -0.25) is 19.9 Å². The molecule has 456 valence electrons. The molecule has 4 aromatic rings. The maximum atomic E-state index is 16.2. The van der Waals surface area contributed by atoms with Gasteiger partial charge in [-0.25, -0.2) is 38.0 Å². The molecular weight excluding hydrogens is 1140 g/mol. The lowest BCUT2D eigenvalue weighted by molar-refractivity contribution is -0.366. The van der Waals surface area contributed by atoms with Crippen molar-refractivity contribution in [3.63, 3.8) is 0 Å². The maximum Gasteiger partial charge on any atom is 0.407 e. The van der Waals surface area contributed by atoms with Crippen molar-refractivity contribution in [3.05, 3.63) is 94.9 Å². The van der Waals surface area contributed by atoms with E-state index in [0.29, 0.717) is 40.8 Å². The highest BCUT2D eigenvalue weighted by Crippen LogP contribution is 2.80. The van der Waals surface area contributed by atoms with Gasteiger partial charge in [0.05, 0.1) is 48.5 Å². The van der Waals surface area contributed by atoms with Crippen molar-refractivity contribution in [3.8, 4) is 23.1 Å². The summed E-state index contributed by atoms with van der Waals surface area (Å²) in [4.78, 5) is 68.5. The molecule has 9 fully saturated rings. The highest BCUT2D eigenvalue weighted by atomic mass is 19.4. The molecule has 28 heteroatoms. The summed E-state index contributed by atoms with van der Waals surface area (Å²) in [6.45, 7) is -3.24. The largest absolute Gasteiger partial charge is 0.453 e. The monoisotopic (exact) mass is 1200 g/mol. The van der Waals surface area contributed by atoms with E-state index in [4.69, 9.17) is 4.74 Å².